The Morgan fingerprint density at radius 2 is 2.07 bits per heavy atom. The fourth-order valence-electron chi connectivity index (χ4n) is 4.85. The van der Waals surface area contributed by atoms with Crippen LogP contribution in [0.2, 0.25) is 0 Å². The largest absolute Gasteiger partial charge is 0.349 e. The fourth-order valence-corrected chi connectivity index (χ4v) is 4.85. The zero-order valence-corrected chi connectivity index (χ0v) is 18.0. The molecular formula is C23H34N6O. The van der Waals surface area contributed by atoms with Gasteiger partial charge >= 0.3 is 0 Å². The molecule has 4 rings (SSSR count). The highest BCUT2D eigenvalue weighted by Gasteiger charge is 2.31. The summed E-state index contributed by atoms with van der Waals surface area (Å²) in [5, 5.41) is 3.12. The van der Waals surface area contributed by atoms with Gasteiger partial charge in [0.25, 0.3) is 0 Å². The molecule has 2 aromatic rings. The summed E-state index contributed by atoms with van der Waals surface area (Å²) >= 11 is 0. The van der Waals surface area contributed by atoms with Crippen LogP contribution in [0.25, 0.3) is 0 Å². The molecule has 0 saturated carbocycles. The molecular weight excluding hydrogens is 376 g/mol. The molecule has 4 heterocycles. The Labute approximate surface area is 179 Å². The van der Waals surface area contributed by atoms with Crippen LogP contribution in [0, 0.1) is 5.92 Å². The lowest BCUT2D eigenvalue weighted by Gasteiger charge is -2.42. The summed E-state index contributed by atoms with van der Waals surface area (Å²) in [6.45, 7) is 8.72. The van der Waals surface area contributed by atoms with Crippen LogP contribution in [-0.2, 0) is 24.4 Å². The normalized spacial score (nSPS) is 21.6. The lowest BCUT2D eigenvalue weighted by atomic mass is 9.93. The van der Waals surface area contributed by atoms with Gasteiger partial charge in [0.15, 0.2) is 0 Å². The number of piperidine rings is 2. The minimum Gasteiger partial charge on any atom is -0.349 e. The molecule has 0 aromatic carbocycles. The van der Waals surface area contributed by atoms with Gasteiger partial charge in [0.1, 0.15) is 5.82 Å². The predicted molar refractivity (Wildman–Crippen MR) is 117 cm³/mol. The van der Waals surface area contributed by atoms with E-state index in [4.69, 9.17) is 0 Å². The average molecular weight is 411 g/mol. The van der Waals surface area contributed by atoms with Gasteiger partial charge in [0, 0.05) is 50.5 Å². The minimum absolute atomic E-state index is 0.0946. The number of carbonyl (C=O) groups is 1. The van der Waals surface area contributed by atoms with E-state index in [2.05, 4.69) is 42.6 Å². The lowest BCUT2D eigenvalue weighted by molar-refractivity contribution is -0.127. The van der Waals surface area contributed by atoms with Crippen molar-refractivity contribution in [3.8, 4) is 0 Å². The van der Waals surface area contributed by atoms with Crippen molar-refractivity contribution in [2.45, 2.75) is 58.3 Å². The molecule has 0 aliphatic carbocycles. The fraction of sp³-hybridized carbons (Fsp3) is 0.609. The molecule has 1 unspecified atom stereocenters. The highest BCUT2D eigenvalue weighted by Crippen LogP contribution is 2.24. The van der Waals surface area contributed by atoms with Crippen LogP contribution in [0.15, 0.2) is 36.9 Å². The molecule has 2 aliphatic heterocycles. The molecule has 162 valence electrons. The third-order valence-electron chi connectivity index (χ3n) is 6.59. The van der Waals surface area contributed by atoms with Crippen molar-refractivity contribution in [3.63, 3.8) is 0 Å². The van der Waals surface area contributed by atoms with E-state index in [1.807, 2.05) is 24.7 Å². The minimum atomic E-state index is 0.0946. The summed E-state index contributed by atoms with van der Waals surface area (Å²) in [5.74, 6) is 1.20. The molecule has 0 radical (unpaired) electrons. The first-order valence-electron chi connectivity index (χ1n) is 11.4. The number of imidazole rings is 1. The van der Waals surface area contributed by atoms with Gasteiger partial charge in [-0.05, 0) is 63.9 Å². The standard InChI is InChI=1S/C23H34N6O/c1-2-28-14-10-25-22(28)16-26-23(30)20-6-4-11-29(18-20)21-7-12-27(13-8-21)17-19-5-3-9-24-15-19/h3,5,9-10,14-15,20-21H,2,4,6-8,11-13,16-18H2,1H3,(H,26,30). The van der Waals surface area contributed by atoms with Crippen LogP contribution in [-0.4, -0.2) is 62.5 Å². The van der Waals surface area contributed by atoms with Gasteiger partial charge in [-0.2, -0.15) is 0 Å². The van der Waals surface area contributed by atoms with Gasteiger partial charge in [0.2, 0.25) is 5.91 Å². The van der Waals surface area contributed by atoms with Crippen molar-refractivity contribution in [2.24, 2.45) is 5.92 Å². The molecule has 1 N–H and O–H groups in total. The Hall–Kier alpha value is -2.25. The SMILES string of the molecule is CCn1ccnc1CNC(=O)C1CCCN(C2CCN(Cc3cccnc3)CC2)C1. The molecule has 2 fully saturated rings. The van der Waals surface area contributed by atoms with Crippen molar-refractivity contribution in [1.82, 2.24) is 29.7 Å². The molecule has 7 nitrogen and oxygen atoms in total. The van der Waals surface area contributed by atoms with E-state index in [-0.39, 0.29) is 11.8 Å². The second-order valence-electron chi connectivity index (χ2n) is 8.55. The third-order valence-corrected chi connectivity index (χ3v) is 6.59. The summed E-state index contributed by atoms with van der Waals surface area (Å²) < 4.78 is 2.08. The number of nitrogens with zero attached hydrogens (tertiary/aromatic N) is 5. The average Bonchev–Trinajstić information content (AvgIpc) is 3.26. The summed E-state index contributed by atoms with van der Waals surface area (Å²) in [5.41, 5.74) is 1.29. The topological polar surface area (TPSA) is 66.3 Å². The summed E-state index contributed by atoms with van der Waals surface area (Å²) in [6.07, 6.45) is 12.0. The monoisotopic (exact) mass is 410 g/mol. The maximum absolute atomic E-state index is 12.8. The molecule has 2 saturated heterocycles. The highest BCUT2D eigenvalue weighted by molar-refractivity contribution is 5.78. The molecule has 2 aliphatic rings. The van der Waals surface area contributed by atoms with E-state index < -0.39 is 0 Å². The van der Waals surface area contributed by atoms with E-state index in [0.717, 1.165) is 57.9 Å². The molecule has 0 bridgehead atoms. The lowest BCUT2D eigenvalue weighted by Crippen LogP contribution is -2.50. The first-order valence-corrected chi connectivity index (χ1v) is 11.4. The Morgan fingerprint density at radius 1 is 1.20 bits per heavy atom. The summed E-state index contributed by atoms with van der Waals surface area (Å²) in [4.78, 5) is 26.5. The van der Waals surface area contributed by atoms with Gasteiger partial charge < -0.3 is 9.88 Å². The molecule has 30 heavy (non-hydrogen) atoms. The van der Waals surface area contributed by atoms with Crippen LogP contribution >= 0.6 is 0 Å². The zero-order chi connectivity index (χ0) is 20.8. The molecule has 7 heteroatoms. The van der Waals surface area contributed by atoms with Crippen molar-refractivity contribution in [2.75, 3.05) is 26.2 Å². The second-order valence-corrected chi connectivity index (χ2v) is 8.55. The predicted octanol–water partition coefficient (Wildman–Crippen LogP) is 2.29. The van der Waals surface area contributed by atoms with Crippen LogP contribution in [0.1, 0.15) is 44.0 Å². The number of hydrogen-bond acceptors (Lipinski definition) is 5. The quantitative estimate of drug-likeness (QED) is 0.759. The Morgan fingerprint density at radius 3 is 2.83 bits per heavy atom. The van der Waals surface area contributed by atoms with Crippen LogP contribution < -0.4 is 5.32 Å². The Kier molecular flexibility index (Phi) is 7.12. The van der Waals surface area contributed by atoms with Crippen LogP contribution in [0.4, 0.5) is 0 Å². The number of aryl methyl sites for hydroxylation is 1. The first-order chi connectivity index (χ1) is 14.7. The van der Waals surface area contributed by atoms with Crippen LogP contribution in [0.3, 0.4) is 0 Å². The summed E-state index contributed by atoms with van der Waals surface area (Å²) in [7, 11) is 0. The van der Waals surface area contributed by atoms with E-state index >= 15 is 0 Å². The van der Waals surface area contributed by atoms with E-state index in [1.165, 1.54) is 18.4 Å². The number of aromatic nitrogens is 3. The molecule has 0 spiro atoms. The van der Waals surface area contributed by atoms with Crippen molar-refractivity contribution in [3.05, 3.63) is 48.3 Å². The number of amides is 1. The second kappa shape index (κ2) is 10.2. The van der Waals surface area contributed by atoms with Crippen molar-refractivity contribution in [1.29, 1.82) is 0 Å². The van der Waals surface area contributed by atoms with Gasteiger partial charge in [-0.25, -0.2) is 4.98 Å². The van der Waals surface area contributed by atoms with E-state index in [0.29, 0.717) is 12.6 Å². The molecule has 1 amide bonds. The van der Waals surface area contributed by atoms with Crippen molar-refractivity contribution >= 4 is 5.91 Å². The summed E-state index contributed by atoms with van der Waals surface area (Å²) in [6, 6.07) is 4.76. The maximum atomic E-state index is 12.8. The van der Waals surface area contributed by atoms with Gasteiger partial charge in [0.05, 0.1) is 12.5 Å². The number of hydrogen-bond donors (Lipinski definition) is 1. The van der Waals surface area contributed by atoms with Crippen LogP contribution in [0.5, 0.6) is 0 Å². The van der Waals surface area contributed by atoms with E-state index in [1.54, 1.807) is 6.20 Å². The number of likely N-dealkylation sites (tertiary alicyclic amines) is 2. The Balaban J connectivity index is 1.23. The number of carbonyl (C=O) groups excluding carboxylic acids is 1. The molecule has 2 aromatic heterocycles. The Bertz CT molecular complexity index is 799. The highest BCUT2D eigenvalue weighted by atomic mass is 16.1. The van der Waals surface area contributed by atoms with Crippen molar-refractivity contribution < 1.29 is 4.79 Å². The molecule has 1 atom stereocenters. The first kappa shape index (κ1) is 21.0. The third kappa shape index (κ3) is 5.26. The van der Waals surface area contributed by atoms with Gasteiger partial charge in [-0.1, -0.05) is 6.07 Å². The number of rotatable bonds is 7. The van der Waals surface area contributed by atoms with E-state index in [9.17, 15) is 4.79 Å². The zero-order valence-electron chi connectivity index (χ0n) is 18.0. The smallest absolute Gasteiger partial charge is 0.224 e. The van der Waals surface area contributed by atoms with Gasteiger partial charge in [-0.15, -0.1) is 0 Å². The number of nitrogens with one attached hydrogen (secondary N) is 1. The maximum Gasteiger partial charge on any atom is 0.224 e. The van der Waals surface area contributed by atoms with Gasteiger partial charge in [-0.3, -0.25) is 19.6 Å². The number of pyridine rings is 1.